The number of amides is 1. The maximum absolute atomic E-state index is 12.7. The monoisotopic (exact) mass is 373 g/mol. The second kappa shape index (κ2) is 8.56. The highest BCUT2D eigenvalue weighted by atomic mass is 35.5. The number of nitrogens with zero attached hydrogens (tertiary/aromatic N) is 1. The molecule has 2 aromatic rings. The van der Waals surface area contributed by atoms with E-state index in [9.17, 15) is 9.90 Å². The van der Waals surface area contributed by atoms with Crippen LogP contribution in [0.4, 0.5) is 0 Å². The van der Waals surface area contributed by atoms with Gasteiger partial charge in [0.25, 0.3) is 5.91 Å². The molecule has 1 atom stereocenters. The van der Waals surface area contributed by atoms with Gasteiger partial charge in [-0.05, 0) is 61.6 Å². The molecule has 4 nitrogen and oxygen atoms in total. The first kappa shape index (κ1) is 18.7. The molecular formula is C21H24ClNO3. The molecule has 1 aliphatic rings. The quantitative estimate of drug-likeness (QED) is 0.823. The second-order valence-corrected chi connectivity index (χ2v) is 7.18. The van der Waals surface area contributed by atoms with Gasteiger partial charge in [0.15, 0.2) is 0 Å². The summed E-state index contributed by atoms with van der Waals surface area (Å²) in [4.78, 5) is 14.5. The Morgan fingerprint density at radius 1 is 1.27 bits per heavy atom. The Kier molecular flexibility index (Phi) is 6.17. The van der Waals surface area contributed by atoms with Gasteiger partial charge < -0.3 is 14.7 Å². The Labute approximate surface area is 159 Å². The van der Waals surface area contributed by atoms with Gasteiger partial charge in [0.05, 0.1) is 6.10 Å². The summed E-state index contributed by atoms with van der Waals surface area (Å²) >= 11 is 6.04. The number of hydrogen-bond donors (Lipinski definition) is 1. The SMILES string of the molecule is CN(CCC1CCCCO1)C(=O)c1cccc(-c2cc(Cl)ccc2O)c1. The van der Waals surface area contributed by atoms with E-state index in [1.54, 1.807) is 35.2 Å². The van der Waals surface area contributed by atoms with E-state index in [0.717, 1.165) is 31.4 Å². The Morgan fingerprint density at radius 2 is 2.12 bits per heavy atom. The average molecular weight is 374 g/mol. The van der Waals surface area contributed by atoms with Crippen LogP contribution in [-0.2, 0) is 4.74 Å². The van der Waals surface area contributed by atoms with Gasteiger partial charge in [-0.3, -0.25) is 4.79 Å². The van der Waals surface area contributed by atoms with Crippen LogP contribution in [0, 0.1) is 0 Å². The first-order valence-corrected chi connectivity index (χ1v) is 9.38. The van der Waals surface area contributed by atoms with Gasteiger partial charge in [-0.15, -0.1) is 0 Å². The van der Waals surface area contributed by atoms with E-state index >= 15 is 0 Å². The van der Waals surface area contributed by atoms with Gasteiger partial charge in [-0.25, -0.2) is 0 Å². The lowest BCUT2D eigenvalue weighted by atomic mass is 10.0. The summed E-state index contributed by atoms with van der Waals surface area (Å²) in [7, 11) is 1.81. The maximum Gasteiger partial charge on any atom is 0.253 e. The summed E-state index contributed by atoms with van der Waals surface area (Å²) in [6.07, 6.45) is 4.53. The van der Waals surface area contributed by atoms with E-state index < -0.39 is 0 Å². The number of ether oxygens (including phenoxy) is 1. The Balaban J connectivity index is 1.70. The molecule has 1 unspecified atom stereocenters. The number of phenolic OH excluding ortho intramolecular Hbond substituents is 1. The first-order chi connectivity index (χ1) is 12.5. The van der Waals surface area contributed by atoms with Crippen molar-refractivity contribution in [1.29, 1.82) is 0 Å². The molecule has 1 saturated heterocycles. The van der Waals surface area contributed by atoms with Gasteiger partial charge in [-0.1, -0.05) is 23.7 Å². The number of hydrogen-bond acceptors (Lipinski definition) is 3. The predicted octanol–water partition coefficient (Wildman–Crippen LogP) is 4.74. The normalized spacial score (nSPS) is 17.1. The van der Waals surface area contributed by atoms with Crippen molar-refractivity contribution in [1.82, 2.24) is 4.90 Å². The van der Waals surface area contributed by atoms with E-state index in [2.05, 4.69) is 0 Å². The highest BCUT2D eigenvalue weighted by molar-refractivity contribution is 6.31. The van der Waals surface area contributed by atoms with Crippen LogP contribution in [0.25, 0.3) is 11.1 Å². The minimum absolute atomic E-state index is 0.0378. The highest BCUT2D eigenvalue weighted by Crippen LogP contribution is 2.32. The van der Waals surface area contributed by atoms with Crippen LogP contribution in [0.1, 0.15) is 36.0 Å². The van der Waals surface area contributed by atoms with Crippen molar-refractivity contribution in [2.75, 3.05) is 20.2 Å². The third kappa shape index (κ3) is 4.57. The van der Waals surface area contributed by atoms with Gasteiger partial charge >= 0.3 is 0 Å². The fraction of sp³-hybridized carbons (Fsp3) is 0.381. The van der Waals surface area contributed by atoms with Crippen LogP contribution in [0.2, 0.25) is 5.02 Å². The van der Waals surface area contributed by atoms with E-state index in [0.29, 0.717) is 22.7 Å². The van der Waals surface area contributed by atoms with Crippen molar-refractivity contribution in [3.63, 3.8) is 0 Å². The summed E-state index contributed by atoms with van der Waals surface area (Å²) in [5, 5.41) is 10.6. The summed E-state index contributed by atoms with van der Waals surface area (Å²) < 4.78 is 5.74. The molecule has 0 radical (unpaired) electrons. The van der Waals surface area contributed by atoms with Crippen LogP contribution in [0.5, 0.6) is 5.75 Å². The van der Waals surface area contributed by atoms with Gasteiger partial charge in [0.1, 0.15) is 5.75 Å². The van der Waals surface area contributed by atoms with E-state index in [4.69, 9.17) is 16.3 Å². The molecule has 0 aliphatic carbocycles. The van der Waals surface area contributed by atoms with Crippen molar-refractivity contribution in [2.45, 2.75) is 31.8 Å². The van der Waals surface area contributed by atoms with E-state index in [1.165, 1.54) is 6.42 Å². The highest BCUT2D eigenvalue weighted by Gasteiger charge is 2.18. The van der Waals surface area contributed by atoms with Gasteiger partial charge in [-0.2, -0.15) is 0 Å². The van der Waals surface area contributed by atoms with Crippen LogP contribution in [0.3, 0.4) is 0 Å². The third-order valence-electron chi connectivity index (χ3n) is 4.79. The van der Waals surface area contributed by atoms with Crippen LogP contribution in [0.15, 0.2) is 42.5 Å². The maximum atomic E-state index is 12.7. The van der Waals surface area contributed by atoms with E-state index in [1.807, 2.05) is 19.2 Å². The average Bonchev–Trinajstić information content (AvgIpc) is 2.68. The molecular weight excluding hydrogens is 350 g/mol. The summed E-state index contributed by atoms with van der Waals surface area (Å²) in [5.41, 5.74) is 1.97. The molecule has 0 saturated carbocycles. The number of rotatable bonds is 5. The smallest absolute Gasteiger partial charge is 0.253 e. The summed E-state index contributed by atoms with van der Waals surface area (Å²) in [6.45, 7) is 1.49. The number of carbonyl (C=O) groups excluding carboxylic acids is 1. The van der Waals surface area contributed by atoms with Crippen molar-refractivity contribution < 1.29 is 14.6 Å². The van der Waals surface area contributed by atoms with Crippen molar-refractivity contribution in [3.05, 3.63) is 53.1 Å². The molecule has 1 N–H and O–H groups in total. The molecule has 0 aromatic heterocycles. The van der Waals surface area contributed by atoms with E-state index in [-0.39, 0.29) is 17.8 Å². The molecule has 1 heterocycles. The fourth-order valence-electron chi connectivity index (χ4n) is 3.25. The number of phenols is 1. The van der Waals surface area contributed by atoms with Gasteiger partial charge in [0, 0.05) is 36.3 Å². The minimum Gasteiger partial charge on any atom is -0.507 e. The van der Waals surface area contributed by atoms with Crippen molar-refractivity contribution >= 4 is 17.5 Å². The molecule has 3 rings (SSSR count). The number of aromatic hydroxyl groups is 1. The molecule has 26 heavy (non-hydrogen) atoms. The Hall–Kier alpha value is -2.04. The van der Waals surface area contributed by atoms with Crippen LogP contribution >= 0.6 is 11.6 Å². The van der Waals surface area contributed by atoms with Crippen LogP contribution in [-0.4, -0.2) is 42.2 Å². The first-order valence-electron chi connectivity index (χ1n) is 9.00. The van der Waals surface area contributed by atoms with Gasteiger partial charge in [0.2, 0.25) is 0 Å². The Morgan fingerprint density at radius 3 is 2.88 bits per heavy atom. The van der Waals surface area contributed by atoms with Crippen molar-refractivity contribution in [3.8, 4) is 16.9 Å². The summed E-state index contributed by atoms with van der Waals surface area (Å²) in [6, 6.07) is 12.2. The minimum atomic E-state index is -0.0378. The molecule has 1 amide bonds. The molecule has 2 aromatic carbocycles. The van der Waals surface area contributed by atoms with Crippen molar-refractivity contribution in [2.24, 2.45) is 0 Å². The predicted molar refractivity (Wildman–Crippen MR) is 104 cm³/mol. The molecule has 5 heteroatoms. The lowest BCUT2D eigenvalue weighted by Gasteiger charge is -2.25. The number of carbonyl (C=O) groups is 1. The Bertz CT molecular complexity index is 772. The molecule has 1 aliphatic heterocycles. The lowest BCUT2D eigenvalue weighted by Crippen LogP contribution is -2.31. The lowest BCUT2D eigenvalue weighted by molar-refractivity contribution is 0.00709. The standard InChI is InChI=1S/C21H24ClNO3/c1-23(11-10-18-7-2-3-12-26-18)21(25)16-6-4-5-15(13-16)19-14-17(22)8-9-20(19)24/h4-6,8-9,13-14,18,24H,2-3,7,10-12H2,1H3. The fourth-order valence-corrected chi connectivity index (χ4v) is 3.43. The topological polar surface area (TPSA) is 49.8 Å². The zero-order chi connectivity index (χ0) is 18.5. The zero-order valence-electron chi connectivity index (χ0n) is 15.0. The number of benzene rings is 2. The third-order valence-corrected chi connectivity index (χ3v) is 5.02. The second-order valence-electron chi connectivity index (χ2n) is 6.75. The zero-order valence-corrected chi connectivity index (χ0v) is 15.7. The molecule has 0 spiro atoms. The largest absolute Gasteiger partial charge is 0.507 e. The molecule has 1 fully saturated rings. The molecule has 0 bridgehead atoms. The molecule has 138 valence electrons. The number of halogens is 1. The van der Waals surface area contributed by atoms with Crippen LogP contribution < -0.4 is 0 Å². The summed E-state index contributed by atoms with van der Waals surface area (Å²) in [5.74, 6) is 0.103.